The Kier molecular flexibility index (Phi) is 5.94. The molecule has 0 aliphatic heterocycles. The molecule has 1 aromatic heterocycles. The van der Waals surface area contributed by atoms with Crippen molar-refractivity contribution in [3.05, 3.63) is 90.3 Å². The molecule has 30 heavy (non-hydrogen) atoms. The Balaban J connectivity index is 1.50. The maximum atomic E-state index is 12.3. The number of hydrogen-bond donors (Lipinski definition) is 1. The first kappa shape index (κ1) is 19.5. The van der Waals surface area contributed by atoms with Gasteiger partial charge in [0.05, 0.1) is 31.2 Å². The molecule has 152 valence electrons. The van der Waals surface area contributed by atoms with Crippen molar-refractivity contribution in [3.8, 4) is 11.5 Å². The minimum atomic E-state index is -0.199. The van der Waals surface area contributed by atoms with Gasteiger partial charge in [0.2, 0.25) is 0 Å². The fourth-order valence-electron chi connectivity index (χ4n) is 3.33. The van der Waals surface area contributed by atoms with E-state index < -0.39 is 0 Å². The van der Waals surface area contributed by atoms with Gasteiger partial charge in [-0.25, -0.2) is 4.98 Å². The second-order valence-corrected chi connectivity index (χ2v) is 6.79. The number of methoxy groups -OCH3 is 1. The van der Waals surface area contributed by atoms with Crippen molar-refractivity contribution >= 4 is 16.9 Å². The Morgan fingerprint density at radius 2 is 1.70 bits per heavy atom. The number of benzene rings is 3. The van der Waals surface area contributed by atoms with E-state index in [1.165, 1.54) is 0 Å². The van der Waals surface area contributed by atoms with Crippen molar-refractivity contribution in [2.24, 2.45) is 0 Å². The van der Waals surface area contributed by atoms with Gasteiger partial charge >= 0.3 is 0 Å². The molecule has 0 fully saturated rings. The molecular formula is C24H23N3O3. The number of carbonyl (C=O) groups excluding carboxylic acids is 1. The third-order valence-corrected chi connectivity index (χ3v) is 4.81. The van der Waals surface area contributed by atoms with Gasteiger partial charge in [0.1, 0.15) is 17.3 Å². The lowest BCUT2D eigenvalue weighted by molar-refractivity contribution is -0.123. The van der Waals surface area contributed by atoms with E-state index in [0.717, 1.165) is 28.2 Å². The smallest absolute Gasteiger partial charge is 0.258 e. The van der Waals surface area contributed by atoms with Crippen molar-refractivity contribution in [1.29, 1.82) is 0 Å². The van der Waals surface area contributed by atoms with Crippen LogP contribution in [-0.2, 0) is 17.9 Å². The van der Waals surface area contributed by atoms with Gasteiger partial charge < -0.3 is 19.4 Å². The van der Waals surface area contributed by atoms with Crippen LogP contribution in [0.25, 0.3) is 11.0 Å². The fraction of sp³-hybridized carbons (Fsp3) is 0.167. The summed E-state index contributed by atoms with van der Waals surface area (Å²) in [6, 6.07) is 25.1. The van der Waals surface area contributed by atoms with Crippen LogP contribution in [-0.4, -0.2) is 29.2 Å². The first-order valence-corrected chi connectivity index (χ1v) is 9.75. The average Bonchev–Trinajstić information content (AvgIpc) is 3.14. The zero-order valence-electron chi connectivity index (χ0n) is 16.7. The average molecular weight is 401 g/mol. The SMILES string of the molecule is COc1ccccc1Cn1c(CNC(=O)COc2ccccc2)nc2ccccc21. The summed E-state index contributed by atoms with van der Waals surface area (Å²) in [7, 11) is 1.67. The number of para-hydroxylation sites is 4. The lowest BCUT2D eigenvalue weighted by atomic mass is 10.2. The van der Waals surface area contributed by atoms with E-state index in [1.807, 2.05) is 78.9 Å². The van der Waals surface area contributed by atoms with Gasteiger partial charge in [0, 0.05) is 5.56 Å². The van der Waals surface area contributed by atoms with Crippen molar-refractivity contribution in [3.63, 3.8) is 0 Å². The topological polar surface area (TPSA) is 65.4 Å². The predicted octanol–water partition coefficient (Wildman–Crippen LogP) is 3.79. The fourth-order valence-corrected chi connectivity index (χ4v) is 3.33. The molecule has 0 saturated carbocycles. The van der Waals surface area contributed by atoms with Crippen molar-refractivity contribution in [2.45, 2.75) is 13.1 Å². The number of aromatic nitrogens is 2. The maximum Gasteiger partial charge on any atom is 0.258 e. The Labute approximate surface area is 175 Å². The van der Waals surface area contributed by atoms with Crippen molar-refractivity contribution < 1.29 is 14.3 Å². The molecule has 1 N–H and O–H groups in total. The van der Waals surface area contributed by atoms with Crippen LogP contribution in [0.3, 0.4) is 0 Å². The van der Waals surface area contributed by atoms with Crippen LogP contribution in [0.15, 0.2) is 78.9 Å². The Morgan fingerprint density at radius 1 is 0.967 bits per heavy atom. The molecule has 0 radical (unpaired) electrons. The van der Waals surface area contributed by atoms with Gasteiger partial charge in [-0.3, -0.25) is 4.79 Å². The third kappa shape index (κ3) is 4.43. The highest BCUT2D eigenvalue weighted by Gasteiger charge is 2.14. The molecule has 6 heteroatoms. The second kappa shape index (κ2) is 9.13. The number of hydrogen-bond acceptors (Lipinski definition) is 4. The molecule has 1 amide bonds. The van der Waals surface area contributed by atoms with Crippen molar-refractivity contribution in [1.82, 2.24) is 14.9 Å². The molecule has 0 saturated heterocycles. The Hall–Kier alpha value is -3.80. The summed E-state index contributed by atoms with van der Waals surface area (Å²) in [4.78, 5) is 17.0. The molecule has 4 aromatic rings. The molecule has 0 aliphatic rings. The summed E-state index contributed by atoms with van der Waals surface area (Å²) in [5.74, 6) is 2.06. The second-order valence-electron chi connectivity index (χ2n) is 6.79. The lowest BCUT2D eigenvalue weighted by Crippen LogP contribution is -2.29. The first-order chi connectivity index (χ1) is 14.7. The van der Waals surface area contributed by atoms with Crippen molar-refractivity contribution in [2.75, 3.05) is 13.7 Å². The van der Waals surface area contributed by atoms with Gasteiger partial charge in [-0.1, -0.05) is 48.5 Å². The van der Waals surface area contributed by atoms with E-state index in [4.69, 9.17) is 14.5 Å². The minimum absolute atomic E-state index is 0.0449. The van der Waals surface area contributed by atoms with Gasteiger partial charge in [-0.05, 0) is 30.3 Å². The van der Waals surface area contributed by atoms with Crippen LogP contribution in [0.4, 0.5) is 0 Å². The van der Waals surface area contributed by atoms with Crippen LogP contribution >= 0.6 is 0 Å². The van der Waals surface area contributed by atoms with Crippen LogP contribution < -0.4 is 14.8 Å². The van der Waals surface area contributed by atoms with E-state index >= 15 is 0 Å². The highest BCUT2D eigenvalue weighted by Crippen LogP contribution is 2.23. The lowest BCUT2D eigenvalue weighted by Gasteiger charge is -2.13. The molecule has 3 aromatic carbocycles. The van der Waals surface area contributed by atoms with E-state index in [-0.39, 0.29) is 12.5 Å². The number of ether oxygens (including phenoxy) is 2. The maximum absolute atomic E-state index is 12.3. The van der Waals surface area contributed by atoms with E-state index in [1.54, 1.807) is 7.11 Å². The van der Waals surface area contributed by atoms with E-state index in [2.05, 4.69) is 9.88 Å². The summed E-state index contributed by atoms with van der Waals surface area (Å²) in [6.07, 6.45) is 0. The molecular weight excluding hydrogens is 378 g/mol. The van der Waals surface area contributed by atoms with Gasteiger partial charge in [0.15, 0.2) is 6.61 Å². The highest BCUT2D eigenvalue weighted by molar-refractivity contribution is 5.78. The number of amides is 1. The van der Waals surface area contributed by atoms with Gasteiger partial charge in [-0.15, -0.1) is 0 Å². The largest absolute Gasteiger partial charge is 0.496 e. The van der Waals surface area contributed by atoms with Crippen LogP contribution in [0.1, 0.15) is 11.4 Å². The zero-order chi connectivity index (χ0) is 20.8. The van der Waals surface area contributed by atoms with Crippen LogP contribution in [0, 0.1) is 0 Å². The Morgan fingerprint density at radius 3 is 2.53 bits per heavy atom. The summed E-state index contributed by atoms with van der Waals surface area (Å²) < 4.78 is 13.1. The summed E-state index contributed by atoms with van der Waals surface area (Å²) in [6.45, 7) is 0.855. The van der Waals surface area contributed by atoms with Gasteiger partial charge in [0.25, 0.3) is 5.91 Å². The van der Waals surface area contributed by atoms with Gasteiger partial charge in [-0.2, -0.15) is 0 Å². The third-order valence-electron chi connectivity index (χ3n) is 4.81. The molecule has 6 nitrogen and oxygen atoms in total. The normalized spacial score (nSPS) is 10.7. The molecule has 4 rings (SSSR count). The van der Waals surface area contributed by atoms with Crippen LogP contribution in [0.2, 0.25) is 0 Å². The number of nitrogens with one attached hydrogen (secondary N) is 1. The number of rotatable bonds is 8. The first-order valence-electron chi connectivity index (χ1n) is 9.75. The standard InChI is InChI=1S/C24H23N3O3/c1-29-22-14-8-5-9-18(22)16-27-21-13-7-6-12-20(21)26-23(27)15-25-24(28)17-30-19-10-3-2-4-11-19/h2-14H,15-17H2,1H3,(H,25,28). The number of fused-ring (bicyclic) bond motifs is 1. The number of imidazole rings is 1. The monoisotopic (exact) mass is 401 g/mol. The Bertz CT molecular complexity index is 1140. The zero-order valence-corrected chi connectivity index (χ0v) is 16.7. The molecule has 0 aliphatic carbocycles. The minimum Gasteiger partial charge on any atom is -0.496 e. The number of carbonyl (C=O) groups is 1. The molecule has 0 bridgehead atoms. The van der Waals surface area contributed by atoms with E-state index in [0.29, 0.717) is 18.8 Å². The highest BCUT2D eigenvalue weighted by atomic mass is 16.5. The molecule has 0 spiro atoms. The van der Waals surface area contributed by atoms with Crippen LogP contribution in [0.5, 0.6) is 11.5 Å². The predicted molar refractivity (Wildman–Crippen MR) is 116 cm³/mol. The molecule has 0 atom stereocenters. The summed E-state index contributed by atoms with van der Waals surface area (Å²) in [5.41, 5.74) is 2.94. The summed E-state index contributed by atoms with van der Waals surface area (Å²) >= 11 is 0. The summed E-state index contributed by atoms with van der Waals surface area (Å²) in [5, 5.41) is 2.91. The van der Waals surface area contributed by atoms with E-state index in [9.17, 15) is 4.79 Å². The molecule has 0 unspecified atom stereocenters. The quantitative estimate of drug-likeness (QED) is 0.488. The number of nitrogens with zero attached hydrogens (tertiary/aromatic N) is 2. The molecule has 1 heterocycles.